The van der Waals surface area contributed by atoms with Crippen molar-refractivity contribution in [3.63, 3.8) is 0 Å². The van der Waals surface area contributed by atoms with E-state index >= 15 is 0 Å². The Balaban J connectivity index is 2.27. The summed E-state index contributed by atoms with van der Waals surface area (Å²) in [5.74, 6) is -1.19. The van der Waals surface area contributed by atoms with E-state index in [1.165, 1.54) is 13.2 Å². The van der Waals surface area contributed by atoms with Gasteiger partial charge in [-0.05, 0) is 24.6 Å². The Morgan fingerprint density at radius 2 is 1.96 bits per heavy atom. The van der Waals surface area contributed by atoms with Gasteiger partial charge in [-0.1, -0.05) is 11.6 Å². The molecule has 0 aliphatic carbocycles. The van der Waals surface area contributed by atoms with Crippen LogP contribution in [-0.2, 0) is 20.3 Å². The normalized spacial score (nSPS) is 14.4. The lowest BCUT2D eigenvalue weighted by Gasteiger charge is -2.13. The fraction of sp³-hybridized carbons (Fsp3) is 0.188. The molecular weight excluding hydrogens is 386 g/mol. The molecule has 0 bridgehead atoms. The molecule has 0 saturated heterocycles. The summed E-state index contributed by atoms with van der Waals surface area (Å²) in [6.45, 7) is 1.57. The summed E-state index contributed by atoms with van der Waals surface area (Å²) < 4.78 is 36.0. The van der Waals surface area contributed by atoms with Crippen LogP contribution >= 0.6 is 11.6 Å². The van der Waals surface area contributed by atoms with Gasteiger partial charge in [-0.3, -0.25) is 10.1 Å². The molecule has 2 aromatic rings. The molecule has 0 saturated carbocycles. The molecule has 10 heteroatoms. The van der Waals surface area contributed by atoms with Gasteiger partial charge in [0.05, 0.1) is 28.4 Å². The van der Waals surface area contributed by atoms with Crippen LogP contribution in [-0.4, -0.2) is 26.4 Å². The number of hydrogen-bond acceptors (Lipinski definition) is 7. The predicted molar refractivity (Wildman–Crippen MR) is 91.6 cm³/mol. The molecule has 0 amide bonds. The first kappa shape index (κ1) is 18.2. The number of aryl methyl sites for hydroxylation is 1. The minimum absolute atomic E-state index is 0.0205. The number of sulfone groups is 1. The van der Waals surface area contributed by atoms with E-state index in [1.807, 2.05) is 0 Å². The number of fused-ring (bicyclic) bond motifs is 2. The number of hydrogen-bond donors (Lipinski definition) is 0. The molecule has 0 aromatic heterocycles. The summed E-state index contributed by atoms with van der Waals surface area (Å²) in [5, 5.41) is 10.9. The van der Waals surface area contributed by atoms with E-state index in [2.05, 4.69) is 4.74 Å². The maximum atomic E-state index is 12.8. The first-order chi connectivity index (χ1) is 12.1. The number of methoxy groups -OCH3 is 1. The van der Waals surface area contributed by atoms with Crippen molar-refractivity contribution < 1.29 is 27.6 Å². The van der Waals surface area contributed by atoms with Crippen LogP contribution in [0.1, 0.15) is 21.5 Å². The number of carbonyl (C=O) groups excluding carboxylic acids is 1. The van der Waals surface area contributed by atoms with Crippen LogP contribution in [0.5, 0.6) is 11.5 Å². The van der Waals surface area contributed by atoms with Gasteiger partial charge in [0.15, 0.2) is 15.6 Å². The zero-order valence-corrected chi connectivity index (χ0v) is 15.2. The predicted octanol–water partition coefficient (Wildman–Crippen LogP) is 3.42. The van der Waals surface area contributed by atoms with E-state index < -0.39 is 26.5 Å². The highest BCUT2D eigenvalue weighted by atomic mass is 35.5. The minimum atomic E-state index is -3.95. The number of carbonyl (C=O) groups is 1. The van der Waals surface area contributed by atoms with Crippen molar-refractivity contribution in [1.82, 2.24) is 0 Å². The van der Waals surface area contributed by atoms with E-state index in [-0.39, 0.29) is 38.2 Å². The zero-order chi connectivity index (χ0) is 19.2. The van der Waals surface area contributed by atoms with Crippen LogP contribution in [0.2, 0.25) is 5.02 Å². The van der Waals surface area contributed by atoms with E-state index in [0.29, 0.717) is 5.56 Å². The summed E-state index contributed by atoms with van der Waals surface area (Å²) in [6.07, 6.45) is 0. The topological polar surface area (TPSA) is 113 Å². The van der Waals surface area contributed by atoms with Gasteiger partial charge in [-0.15, -0.1) is 0 Å². The number of benzene rings is 2. The van der Waals surface area contributed by atoms with Crippen molar-refractivity contribution in [3.05, 3.63) is 56.1 Å². The van der Waals surface area contributed by atoms with Gasteiger partial charge in [0.25, 0.3) is 5.69 Å². The second kappa shape index (κ2) is 6.26. The third kappa shape index (κ3) is 2.99. The van der Waals surface area contributed by atoms with Gasteiger partial charge in [0, 0.05) is 17.7 Å². The summed E-state index contributed by atoms with van der Waals surface area (Å²) in [6, 6.07) is 4.81. The summed E-state index contributed by atoms with van der Waals surface area (Å²) >= 11 is 6.08. The minimum Gasteiger partial charge on any atom is -0.465 e. The first-order valence-electron chi connectivity index (χ1n) is 7.24. The highest BCUT2D eigenvalue weighted by Crippen LogP contribution is 2.44. The Morgan fingerprint density at radius 1 is 1.27 bits per heavy atom. The number of nitro benzene ring substituents is 1. The number of esters is 1. The molecule has 26 heavy (non-hydrogen) atoms. The molecule has 0 radical (unpaired) electrons. The fourth-order valence-corrected chi connectivity index (χ4v) is 4.53. The number of nitrogens with zero attached hydrogens (tertiary/aromatic N) is 1. The monoisotopic (exact) mass is 397 g/mol. The second-order valence-corrected chi connectivity index (χ2v) is 8.01. The maximum absolute atomic E-state index is 12.8. The van der Waals surface area contributed by atoms with Crippen molar-refractivity contribution in [3.8, 4) is 11.5 Å². The lowest BCUT2D eigenvalue weighted by atomic mass is 10.1. The van der Waals surface area contributed by atoms with Gasteiger partial charge in [0.1, 0.15) is 10.6 Å². The molecule has 0 atom stereocenters. The van der Waals surface area contributed by atoms with Crippen LogP contribution in [0.3, 0.4) is 0 Å². The molecule has 0 spiro atoms. The average Bonchev–Trinajstić information content (AvgIpc) is 2.68. The fourth-order valence-electron chi connectivity index (χ4n) is 2.69. The van der Waals surface area contributed by atoms with Crippen molar-refractivity contribution in [2.24, 2.45) is 0 Å². The van der Waals surface area contributed by atoms with Crippen LogP contribution in [0.15, 0.2) is 29.2 Å². The number of non-ortho nitro benzene ring substituents is 1. The molecule has 3 rings (SSSR count). The van der Waals surface area contributed by atoms with Crippen LogP contribution in [0.4, 0.5) is 5.69 Å². The molecule has 0 fully saturated rings. The quantitative estimate of drug-likeness (QED) is 0.433. The summed E-state index contributed by atoms with van der Waals surface area (Å²) in [5.41, 5.74) is 0.164. The number of nitro groups is 1. The van der Waals surface area contributed by atoms with E-state index in [4.69, 9.17) is 16.3 Å². The maximum Gasteiger partial charge on any atom is 0.337 e. The van der Waals surface area contributed by atoms with Crippen LogP contribution in [0.25, 0.3) is 0 Å². The number of halogens is 1. The standard InChI is InChI=1S/C16H12ClNO7S/c1-8-3-9(16(19)24-2)5-13-14(8)25-15-10(7-26(13,22)23)4-11(18(20)21)6-12(15)17/h3-6H,7H2,1-2H3. The Bertz CT molecular complexity index is 1060. The first-order valence-corrected chi connectivity index (χ1v) is 9.27. The van der Waals surface area contributed by atoms with E-state index in [9.17, 15) is 23.3 Å². The molecular formula is C16H12ClNO7S. The Hall–Kier alpha value is -2.65. The summed E-state index contributed by atoms with van der Waals surface area (Å²) in [7, 11) is -2.77. The Labute approximate surface area is 153 Å². The molecule has 8 nitrogen and oxygen atoms in total. The number of rotatable bonds is 2. The highest BCUT2D eigenvalue weighted by molar-refractivity contribution is 7.90. The van der Waals surface area contributed by atoms with Crippen molar-refractivity contribution in [2.45, 2.75) is 17.6 Å². The van der Waals surface area contributed by atoms with Crippen molar-refractivity contribution in [2.75, 3.05) is 7.11 Å². The smallest absolute Gasteiger partial charge is 0.337 e. The summed E-state index contributed by atoms with van der Waals surface area (Å²) in [4.78, 5) is 21.9. The van der Waals surface area contributed by atoms with Crippen LogP contribution < -0.4 is 4.74 Å². The Kier molecular flexibility index (Phi) is 4.37. The zero-order valence-electron chi connectivity index (χ0n) is 13.6. The molecule has 0 unspecified atom stereocenters. The SMILES string of the molecule is COC(=O)c1cc(C)c2c(c1)S(=O)(=O)Cc1cc([N+](=O)[O-])cc(Cl)c1O2. The molecule has 2 aromatic carbocycles. The van der Waals surface area contributed by atoms with Gasteiger partial charge in [0.2, 0.25) is 0 Å². The molecule has 1 heterocycles. The average molecular weight is 398 g/mol. The third-order valence-corrected chi connectivity index (χ3v) is 5.81. The molecule has 0 N–H and O–H groups in total. The molecule has 136 valence electrons. The van der Waals surface area contributed by atoms with Gasteiger partial charge >= 0.3 is 5.97 Å². The van der Waals surface area contributed by atoms with Crippen molar-refractivity contribution >= 4 is 33.1 Å². The number of ether oxygens (including phenoxy) is 2. The molecule has 1 aliphatic heterocycles. The van der Waals surface area contributed by atoms with Gasteiger partial charge < -0.3 is 9.47 Å². The van der Waals surface area contributed by atoms with Crippen molar-refractivity contribution in [1.29, 1.82) is 0 Å². The van der Waals surface area contributed by atoms with E-state index in [0.717, 1.165) is 18.2 Å². The lowest BCUT2D eigenvalue weighted by molar-refractivity contribution is -0.384. The van der Waals surface area contributed by atoms with Gasteiger partial charge in [-0.25, -0.2) is 13.2 Å². The van der Waals surface area contributed by atoms with Gasteiger partial charge in [-0.2, -0.15) is 0 Å². The second-order valence-electron chi connectivity index (χ2n) is 5.65. The van der Waals surface area contributed by atoms with E-state index in [1.54, 1.807) is 6.92 Å². The lowest BCUT2D eigenvalue weighted by Crippen LogP contribution is -2.08. The largest absolute Gasteiger partial charge is 0.465 e. The molecule has 1 aliphatic rings. The Morgan fingerprint density at radius 3 is 2.58 bits per heavy atom. The van der Waals surface area contributed by atoms with Crippen LogP contribution in [0, 0.1) is 17.0 Å². The highest BCUT2D eigenvalue weighted by Gasteiger charge is 2.32. The third-order valence-electron chi connectivity index (χ3n) is 3.86.